The van der Waals surface area contributed by atoms with Gasteiger partial charge in [-0.1, -0.05) is 23.7 Å². The number of rotatable bonds is 5. The van der Waals surface area contributed by atoms with Crippen LogP contribution in [0.15, 0.2) is 40.6 Å². The molecule has 1 amide bonds. The number of hydrogen-bond acceptors (Lipinski definition) is 4. The van der Waals surface area contributed by atoms with Gasteiger partial charge in [-0.15, -0.1) is 11.3 Å². The molecular weight excluding hydrogens is 368 g/mol. The number of nitrogens with zero attached hydrogens (tertiary/aromatic N) is 1. The van der Waals surface area contributed by atoms with Gasteiger partial charge in [-0.05, 0) is 37.1 Å². The normalized spacial score (nSPS) is 15.5. The molecule has 5 nitrogen and oxygen atoms in total. The van der Waals surface area contributed by atoms with Crippen LogP contribution in [0.1, 0.15) is 17.7 Å². The van der Waals surface area contributed by atoms with E-state index in [1.54, 1.807) is 36.4 Å². The summed E-state index contributed by atoms with van der Waals surface area (Å²) in [5.74, 6) is -0.227. The molecule has 0 spiro atoms. The van der Waals surface area contributed by atoms with Crippen LogP contribution in [0.25, 0.3) is 0 Å². The van der Waals surface area contributed by atoms with Crippen LogP contribution in [0.3, 0.4) is 0 Å². The Hall–Kier alpha value is -1.41. The molecule has 0 atom stereocenters. The van der Waals surface area contributed by atoms with Gasteiger partial charge in [0.25, 0.3) is 10.0 Å². The van der Waals surface area contributed by atoms with Gasteiger partial charge >= 0.3 is 0 Å². The van der Waals surface area contributed by atoms with Gasteiger partial charge in [-0.3, -0.25) is 4.79 Å². The average molecular weight is 385 g/mol. The fourth-order valence-electron chi connectivity index (χ4n) is 2.56. The highest BCUT2D eigenvalue weighted by Gasteiger charge is 2.28. The molecule has 0 bridgehead atoms. The molecule has 3 rings (SSSR count). The van der Waals surface area contributed by atoms with Crippen LogP contribution in [-0.2, 0) is 21.2 Å². The van der Waals surface area contributed by atoms with Crippen LogP contribution >= 0.6 is 22.9 Å². The highest BCUT2D eigenvalue weighted by molar-refractivity contribution is 7.91. The Balaban J connectivity index is 1.68. The monoisotopic (exact) mass is 384 g/mol. The maximum Gasteiger partial charge on any atom is 0.252 e. The summed E-state index contributed by atoms with van der Waals surface area (Å²) in [6, 6.07) is 10.3. The Morgan fingerprint density at radius 2 is 1.88 bits per heavy atom. The zero-order chi connectivity index (χ0) is 17.2. The van der Waals surface area contributed by atoms with E-state index in [-0.39, 0.29) is 12.3 Å². The van der Waals surface area contributed by atoms with E-state index >= 15 is 0 Å². The van der Waals surface area contributed by atoms with Gasteiger partial charge < -0.3 is 5.32 Å². The Morgan fingerprint density at radius 3 is 2.58 bits per heavy atom. The number of benzene rings is 1. The van der Waals surface area contributed by atoms with E-state index in [9.17, 15) is 13.2 Å². The molecule has 0 aliphatic carbocycles. The average Bonchev–Trinajstić information content (AvgIpc) is 3.21. The van der Waals surface area contributed by atoms with E-state index in [0.717, 1.165) is 24.2 Å². The fraction of sp³-hybridized carbons (Fsp3) is 0.312. The third kappa shape index (κ3) is 3.80. The van der Waals surface area contributed by atoms with E-state index < -0.39 is 10.0 Å². The van der Waals surface area contributed by atoms with Crippen molar-refractivity contribution in [3.63, 3.8) is 0 Å². The number of thiophene rings is 1. The molecule has 1 aromatic heterocycles. The zero-order valence-corrected chi connectivity index (χ0v) is 15.3. The van der Waals surface area contributed by atoms with E-state index in [2.05, 4.69) is 5.32 Å². The van der Waals surface area contributed by atoms with Gasteiger partial charge in [0.1, 0.15) is 4.21 Å². The summed E-state index contributed by atoms with van der Waals surface area (Å²) in [5, 5.41) is 3.20. The quantitative estimate of drug-likeness (QED) is 0.859. The number of carbonyl (C=O) groups is 1. The lowest BCUT2D eigenvalue weighted by atomic mass is 10.3. The minimum atomic E-state index is -3.42. The van der Waals surface area contributed by atoms with Crippen molar-refractivity contribution in [3.05, 3.63) is 46.3 Å². The Morgan fingerprint density at radius 1 is 1.17 bits per heavy atom. The number of para-hydroxylation sites is 1. The van der Waals surface area contributed by atoms with E-state index in [1.807, 2.05) is 0 Å². The highest BCUT2D eigenvalue weighted by atomic mass is 35.5. The molecule has 2 aromatic rings. The Kier molecular flexibility index (Phi) is 5.24. The van der Waals surface area contributed by atoms with Crippen molar-refractivity contribution in [2.75, 3.05) is 18.4 Å². The second-order valence-electron chi connectivity index (χ2n) is 5.54. The number of halogens is 1. The van der Waals surface area contributed by atoms with Crippen molar-refractivity contribution < 1.29 is 13.2 Å². The number of nitrogens with one attached hydrogen (secondary N) is 1. The van der Waals surface area contributed by atoms with Crippen LogP contribution in [0, 0.1) is 0 Å². The van der Waals surface area contributed by atoms with Crippen LogP contribution in [0.2, 0.25) is 5.02 Å². The summed E-state index contributed by atoms with van der Waals surface area (Å²) >= 11 is 7.16. The number of amides is 1. The molecule has 0 radical (unpaired) electrons. The molecule has 1 N–H and O–H groups in total. The largest absolute Gasteiger partial charge is 0.324 e. The maximum atomic E-state index is 12.5. The number of sulfonamides is 1. The van der Waals surface area contributed by atoms with Gasteiger partial charge in [0.15, 0.2) is 0 Å². The van der Waals surface area contributed by atoms with Crippen molar-refractivity contribution in [3.8, 4) is 0 Å². The summed E-state index contributed by atoms with van der Waals surface area (Å²) in [4.78, 5) is 12.8. The summed E-state index contributed by atoms with van der Waals surface area (Å²) < 4.78 is 26.8. The SMILES string of the molecule is O=C(Cc1ccc(S(=O)(=O)N2CCCC2)s1)Nc1ccccc1Cl. The lowest BCUT2D eigenvalue weighted by Crippen LogP contribution is -2.27. The fourth-order valence-corrected chi connectivity index (χ4v) is 5.77. The minimum Gasteiger partial charge on any atom is -0.324 e. The second kappa shape index (κ2) is 7.23. The van der Waals surface area contributed by atoms with Crippen molar-refractivity contribution in [1.29, 1.82) is 0 Å². The molecule has 1 aliphatic rings. The second-order valence-corrected chi connectivity index (χ2v) is 9.28. The lowest BCUT2D eigenvalue weighted by Gasteiger charge is -2.13. The van der Waals surface area contributed by atoms with Gasteiger partial charge in [-0.25, -0.2) is 8.42 Å². The van der Waals surface area contributed by atoms with Crippen molar-refractivity contribution >= 4 is 44.6 Å². The Bertz CT molecular complexity index is 843. The molecule has 0 saturated carbocycles. The molecule has 0 unspecified atom stereocenters. The van der Waals surface area contributed by atoms with E-state index in [1.165, 1.54) is 4.31 Å². The predicted molar refractivity (Wildman–Crippen MR) is 96.1 cm³/mol. The topological polar surface area (TPSA) is 66.5 Å². The van der Waals surface area contributed by atoms with Gasteiger partial charge in [0.2, 0.25) is 5.91 Å². The summed E-state index contributed by atoms with van der Waals surface area (Å²) in [5.41, 5.74) is 0.547. The first-order valence-corrected chi connectivity index (χ1v) is 10.2. The van der Waals surface area contributed by atoms with E-state index in [4.69, 9.17) is 11.6 Å². The van der Waals surface area contributed by atoms with Crippen LogP contribution in [0.4, 0.5) is 5.69 Å². The number of anilines is 1. The highest BCUT2D eigenvalue weighted by Crippen LogP contribution is 2.28. The van der Waals surface area contributed by atoms with Gasteiger partial charge in [-0.2, -0.15) is 4.31 Å². The van der Waals surface area contributed by atoms with Crippen LogP contribution in [-0.4, -0.2) is 31.7 Å². The predicted octanol–water partition coefficient (Wildman–Crippen LogP) is 3.37. The molecule has 1 saturated heterocycles. The van der Waals surface area contributed by atoms with Gasteiger partial charge in [0, 0.05) is 18.0 Å². The van der Waals surface area contributed by atoms with Crippen molar-refractivity contribution in [1.82, 2.24) is 4.31 Å². The molecular formula is C16H17ClN2O3S2. The molecule has 1 fully saturated rings. The van der Waals surface area contributed by atoms with E-state index in [0.29, 0.717) is 32.9 Å². The zero-order valence-electron chi connectivity index (χ0n) is 12.9. The molecule has 1 aromatic carbocycles. The standard InChI is InChI=1S/C16H17ClN2O3S2/c17-13-5-1-2-6-14(13)18-15(20)11-12-7-8-16(23-12)24(21,22)19-9-3-4-10-19/h1-2,5-8H,3-4,9-11H2,(H,18,20). The summed E-state index contributed by atoms with van der Waals surface area (Å²) in [6.45, 7) is 1.14. The smallest absolute Gasteiger partial charge is 0.252 e. The van der Waals surface area contributed by atoms with Crippen molar-refractivity contribution in [2.45, 2.75) is 23.5 Å². The first kappa shape index (κ1) is 17.4. The third-order valence-corrected chi connectivity index (χ3v) is 7.56. The van der Waals surface area contributed by atoms with Crippen LogP contribution < -0.4 is 5.32 Å². The lowest BCUT2D eigenvalue weighted by molar-refractivity contribution is -0.115. The first-order chi connectivity index (χ1) is 11.5. The summed E-state index contributed by atoms with van der Waals surface area (Å²) in [6.07, 6.45) is 1.92. The molecule has 2 heterocycles. The molecule has 128 valence electrons. The first-order valence-electron chi connectivity index (χ1n) is 7.60. The number of carbonyl (C=O) groups excluding carboxylic acids is 1. The molecule has 8 heteroatoms. The van der Waals surface area contributed by atoms with Gasteiger partial charge in [0.05, 0.1) is 17.1 Å². The summed E-state index contributed by atoms with van der Waals surface area (Å²) in [7, 11) is -3.42. The minimum absolute atomic E-state index is 0.116. The maximum absolute atomic E-state index is 12.5. The van der Waals surface area contributed by atoms with Crippen LogP contribution in [0.5, 0.6) is 0 Å². The van der Waals surface area contributed by atoms with Crippen molar-refractivity contribution in [2.24, 2.45) is 0 Å². The number of hydrogen-bond donors (Lipinski definition) is 1. The third-order valence-electron chi connectivity index (χ3n) is 3.78. The molecule has 24 heavy (non-hydrogen) atoms. The Labute approximate surface area is 150 Å². The molecule has 1 aliphatic heterocycles.